The molecule has 33 heavy (non-hydrogen) atoms. The third-order valence-corrected chi connectivity index (χ3v) is 9.99. The lowest BCUT2D eigenvalue weighted by Crippen LogP contribution is -2.59. The van der Waals surface area contributed by atoms with Crippen molar-refractivity contribution in [2.24, 2.45) is 28.6 Å². The number of fused-ring (bicyclic) bond motifs is 5. The molecule has 0 radical (unpaired) electrons. The number of allylic oxidation sites excluding steroid dienone is 1. The molecule has 0 unspecified atom stereocenters. The van der Waals surface area contributed by atoms with E-state index >= 15 is 0 Å². The highest BCUT2D eigenvalue weighted by Gasteiger charge is 2.67. The van der Waals surface area contributed by atoms with Crippen LogP contribution in [0.2, 0.25) is 0 Å². The van der Waals surface area contributed by atoms with E-state index in [2.05, 4.69) is 13.8 Å². The van der Waals surface area contributed by atoms with Crippen LogP contribution in [-0.2, 0) is 23.9 Å². The van der Waals surface area contributed by atoms with Gasteiger partial charge in [-0.05, 0) is 80.4 Å². The largest absolute Gasteiger partial charge is 0.457 e. The summed E-state index contributed by atoms with van der Waals surface area (Å²) in [6.45, 7) is 4.01. The minimum absolute atomic E-state index is 0.0906. The normalized spacial score (nSPS) is 39.8. The van der Waals surface area contributed by atoms with E-state index in [-0.39, 0.29) is 42.0 Å². The number of aliphatic hydroxyl groups excluding tert-OH is 1. The lowest BCUT2D eigenvalue weighted by atomic mass is 9.46. The van der Waals surface area contributed by atoms with Crippen LogP contribution in [0.4, 0.5) is 0 Å². The third kappa shape index (κ3) is 4.02. The van der Waals surface area contributed by atoms with Gasteiger partial charge in [0.15, 0.2) is 12.4 Å². The second-order valence-corrected chi connectivity index (χ2v) is 11.7. The number of rotatable bonds is 8. The van der Waals surface area contributed by atoms with E-state index in [9.17, 15) is 14.4 Å². The first kappa shape index (κ1) is 24.9. The quantitative estimate of drug-likeness (QED) is 0.415. The van der Waals surface area contributed by atoms with Crippen LogP contribution in [0.25, 0.3) is 0 Å². The Labute approximate surface area is 201 Å². The standard InChI is InChI=1S/C26H38O6S/c1-24-10-6-18(28)14-17(24)4-5-19-20(24)7-11-25(2)21(19)8-12-26(25,32-16-33-3)22(29)15-31-23(30)9-13-27/h14,19-21,27H,4-13,15-16H2,1-3H3/t19-,20+,21+,24+,25+,26+/m1/s1. The monoisotopic (exact) mass is 478 g/mol. The average Bonchev–Trinajstić information content (AvgIpc) is 3.10. The molecule has 0 amide bonds. The Balaban J connectivity index is 1.60. The zero-order valence-electron chi connectivity index (χ0n) is 20.2. The van der Waals surface area contributed by atoms with Gasteiger partial charge in [-0.2, -0.15) is 0 Å². The topological polar surface area (TPSA) is 89.9 Å². The van der Waals surface area contributed by atoms with Crippen LogP contribution in [0.15, 0.2) is 11.6 Å². The fourth-order valence-electron chi connectivity index (χ4n) is 7.92. The fraction of sp³-hybridized carbons (Fsp3) is 0.808. The van der Waals surface area contributed by atoms with Gasteiger partial charge in [0, 0.05) is 11.8 Å². The van der Waals surface area contributed by atoms with Crippen molar-refractivity contribution >= 4 is 29.3 Å². The number of ether oxygens (including phenoxy) is 2. The first-order chi connectivity index (χ1) is 15.7. The summed E-state index contributed by atoms with van der Waals surface area (Å²) in [5, 5.41) is 8.97. The molecular weight excluding hydrogens is 440 g/mol. The molecule has 0 aliphatic heterocycles. The third-order valence-electron chi connectivity index (χ3n) is 9.64. The molecule has 0 aromatic heterocycles. The molecule has 4 aliphatic rings. The maximum Gasteiger partial charge on any atom is 0.308 e. The summed E-state index contributed by atoms with van der Waals surface area (Å²) in [6, 6.07) is 0. The average molecular weight is 479 g/mol. The Kier molecular flexibility index (Phi) is 7.15. The van der Waals surface area contributed by atoms with Crippen molar-refractivity contribution in [1.82, 2.24) is 0 Å². The van der Waals surface area contributed by atoms with Gasteiger partial charge in [-0.25, -0.2) is 0 Å². The number of carbonyl (C=O) groups is 3. The van der Waals surface area contributed by atoms with Gasteiger partial charge in [0.05, 0.1) is 19.0 Å². The number of aliphatic hydroxyl groups is 1. The Morgan fingerprint density at radius 2 is 1.88 bits per heavy atom. The van der Waals surface area contributed by atoms with Crippen molar-refractivity contribution < 1.29 is 29.0 Å². The Morgan fingerprint density at radius 3 is 2.61 bits per heavy atom. The molecule has 184 valence electrons. The minimum Gasteiger partial charge on any atom is -0.457 e. The number of esters is 1. The van der Waals surface area contributed by atoms with Gasteiger partial charge in [0.1, 0.15) is 5.60 Å². The second-order valence-electron chi connectivity index (χ2n) is 10.9. The highest BCUT2D eigenvalue weighted by atomic mass is 32.2. The smallest absolute Gasteiger partial charge is 0.308 e. The van der Waals surface area contributed by atoms with E-state index in [0.29, 0.717) is 36.5 Å². The predicted octanol–water partition coefficient (Wildman–Crippen LogP) is 4.09. The molecule has 0 bridgehead atoms. The van der Waals surface area contributed by atoms with Gasteiger partial charge >= 0.3 is 5.97 Å². The number of ketones is 2. The predicted molar refractivity (Wildman–Crippen MR) is 127 cm³/mol. The van der Waals surface area contributed by atoms with Gasteiger partial charge in [-0.3, -0.25) is 14.4 Å². The van der Waals surface area contributed by atoms with E-state index < -0.39 is 11.6 Å². The summed E-state index contributed by atoms with van der Waals surface area (Å²) >= 11 is 1.56. The Hall–Kier alpha value is -1.18. The van der Waals surface area contributed by atoms with E-state index in [1.165, 1.54) is 5.57 Å². The first-order valence-corrected chi connectivity index (χ1v) is 13.8. The molecule has 3 saturated carbocycles. The molecule has 0 spiro atoms. The van der Waals surface area contributed by atoms with E-state index in [1.807, 2.05) is 12.3 Å². The molecule has 6 nitrogen and oxygen atoms in total. The molecule has 4 aliphatic carbocycles. The molecule has 1 N–H and O–H groups in total. The van der Waals surface area contributed by atoms with E-state index in [4.69, 9.17) is 14.6 Å². The van der Waals surface area contributed by atoms with Crippen LogP contribution < -0.4 is 0 Å². The highest BCUT2D eigenvalue weighted by molar-refractivity contribution is 7.98. The molecule has 0 aromatic rings. The summed E-state index contributed by atoms with van der Waals surface area (Å²) in [4.78, 5) is 37.5. The lowest BCUT2D eigenvalue weighted by molar-refractivity contribution is -0.178. The van der Waals surface area contributed by atoms with Crippen LogP contribution >= 0.6 is 11.8 Å². The zero-order valence-corrected chi connectivity index (χ0v) is 21.0. The first-order valence-electron chi connectivity index (χ1n) is 12.4. The van der Waals surface area contributed by atoms with Crippen molar-refractivity contribution in [2.45, 2.75) is 77.2 Å². The van der Waals surface area contributed by atoms with Crippen LogP contribution in [0.3, 0.4) is 0 Å². The van der Waals surface area contributed by atoms with E-state index in [0.717, 1.165) is 38.5 Å². The molecule has 3 fully saturated rings. The van der Waals surface area contributed by atoms with Crippen molar-refractivity contribution in [3.63, 3.8) is 0 Å². The van der Waals surface area contributed by atoms with E-state index in [1.54, 1.807) is 11.8 Å². The van der Waals surface area contributed by atoms with Crippen molar-refractivity contribution in [2.75, 3.05) is 25.4 Å². The van der Waals surface area contributed by atoms with Gasteiger partial charge in [0.25, 0.3) is 0 Å². The molecule has 0 heterocycles. The maximum atomic E-state index is 13.6. The van der Waals surface area contributed by atoms with Crippen LogP contribution in [0.1, 0.15) is 71.6 Å². The number of hydrogen-bond donors (Lipinski definition) is 1. The molecule has 6 atom stereocenters. The lowest BCUT2D eigenvalue weighted by Gasteiger charge is -2.59. The highest BCUT2D eigenvalue weighted by Crippen LogP contribution is 2.68. The summed E-state index contributed by atoms with van der Waals surface area (Å²) in [5.74, 6) is 1.44. The Morgan fingerprint density at radius 1 is 1.12 bits per heavy atom. The fourth-order valence-corrected chi connectivity index (χ4v) is 8.24. The summed E-state index contributed by atoms with van der Waals surface area (Å²) in [7, 11) is 0. The van der Waals surface area contributed by atoms with Crippen LogP contribution in [0, 0.1) is 28.6 Å². The van der Waals surface area contributed by atoms with Crippen molar-refractivity contribution in [3.05, 3.63) is 11.6 Å². The van der Waals surface area contributed by atoms with Crippen molar-refractivity contribution in [1.29, 1.82) is 0 Å². The zero-order chi connectivity index (χ0) is 23.9. The van der Waals surface area contributed by atoms with Crippen LogP contribution in [-0.4, -0.2) is 53.7 Å². The maximum absolute atomic E-state index is 13.6. The molecule has 4 rings (SSSR count). The Bertz CT molecular complexity index is 839. The molecule has 0 aromatic carbocycles. The number of hydrogen-bond acceptors (Lipinski definition) is 7. The van der Waals surface area contributed by atoms with Crippen molar-refractivity contribution in [3.8, 4) is 0 Å². The number of Topliss-reactive ketones (excluding diaryl/α,β-unsaturated/α-hetero) is 1. The molecule has 7 heteroatoms. The van der Waals surface area contributed by atoms with Gasteiger partial charge in [-0.15, -0.1) is 11.8 Å². The van der Waals surface area contributed by atoms with Gasteiger partial charge < -0.3 is 14.6 Å². The summed E-state index contributed by atoms with van der Waals surface area (Å²) in [6.07, 6.45) is 10.9. The summed E-state index contributed by atoms with van der Waals surface area (Å²) < 4.78 is 11.6. The van der Waals surface area contributed by atoms with Gasteiger partial charge in [0.2, 0.25) is 5.78 Å². The minimum atomic E-state index is -0.940. The summed E-state index contributed by atoms with van der Waals surface area (Å²) in [5.41, 5.74) is 0.197. The molecular formula is C26H38O6S. The number of carbonyl (C=O) groups excluding carboxylic acids is 3. The van der Waals surface area contributed by atoms with Gasteiger partial charge in [-0.1, -0.05) is 19.4 Å². The molecule has 0 saturated heterocycles. The SMILES string of the molecule is CSCO[C@]1(C(=O)COC(=O)CCO)CC[C@H]2[C@@H]3CCC4=CC(=O)CC[C@]4(C)[C@H]3CC[C@@]21C. The van der Waals surface area contributed by atoms with Crippen LogP contribution in [0.5, 0.6) is 0 Å². The number of thioether (sulfide) groups is 1. The second kappa shape index (κ2) is 9.46.